The molecule has 0 saturated heterocycles. The number of aromatic nitrogens is 2. The van der Waals surface area contributed by atoms with Crippen LogP contribution in [0.1, 0.15) is 5.56 Å². The smallest absolute Gasteiger partial charge is 0.230 e. The molecule has 0 N–H and O–H groups in total. The van der Waals surface area contributed by atoms with E-state index in [-0.39, 0.29) is 0 Å². The third-order valence-electron chi connectivity index (χ3n) is 5.53. The van der Waals surface area contributed by atoms with Crippen molar-refractivity contribution in [3.05, 3.63) is 60.6 Å². The quantitative estimate of drug-likeness (QED) is 0.499. The molecule has 25 heavy (non-hydrogen) atoms. The summed E-state index contributed by atoms with van der Waals surface area (Å²) in [4.78, 5) is 6.75. The molecule has 1 aliphatic rings. The predicted molar refractivity (Wildman–Crippen MR) is 107 cm³/mol. The van der Waals surface area contributed by atoms with Crippen molar-refractivity contribution in [1.29, 1.82) is 0 Å². The zero-order chi connectivity index (χ0) is 17.8. The van der Waals surface area contributed by atoms with Crippen LogP contribution >= 0.6 is 0 Å². The van der Waals surface area contributed by atoms with E-state index in [1.54, 1.807) is 0 Å². The molecular formula is C21H24N3Si+. The number of aryl methyl sites for hydroxylation is 2. The number of benzene rings is 2. The van der Waals surface area contributed by atoms with E-state index >= 15 is 0 Å². The molecule has 3 aromatic rings. The molecule has 1 aromatic heterocycles. The number of hydrogen-bond donors (Lipinski definition) is 0. The van der Waals surface area contributed by atoms with Crippen molar-refractivity contribution in [2.24, 2.45) is 7.05 Å². The van der Waals surface area contributed by atoms with Gasteiger partial charge in [0, 0.05) is 18.4 Å². The highest BCUT2D eigenvalue weighted by Gasteiger charge is 2.40. The van der Waals surface area contributed by atoms with Crippen molar-refractivity contribution >= 4 is 29.8 Å². The maximum absolute atomic E-state index is 4.40. The SMILES string of the molecule is Cc1ccc2c(c1-c1cncc[n+]1C)[Si](C)(C)c1ccccc1N2C. The molecule has 4 heteroatoms. The molecule has 2 aromatic carbocycles. The van der Waals surface area contributed by atoms with Crippen LogP contribution in [-0.2, 0) is 7.05 Å². The monoisotopic (exact) mass is 346 g/mol. The van der Waals surface area contributed by atoms with E-state index in [4.69, 9.17) is 0 Å². The number of hydrogen-bond acceptors (Lipinski definition) is 2. The van der Waals surface area contributed by atoms with Crippen LogP contribution in [0.2, 0.25) is 13.1 Å². The first kappa shape index (κ1) is 16.0. The van der Waals surface area contributed by atoms with Gasteiger partial charge in [-0.1, -0.05) is 37.4 Å². The van der Waals surface area contributed by atoms with Gasteiger partial charge in [0.05, 0.1) is 18.0 Å². The van der Waals surface area contributed by atoms with Gasteiger partial charge < -0.3 is 4.90 Å². The highest BCUT2D eigenvalue weighted by atomic mass is 28.3. The molecule has 126 valence electrons. The zero-order valence-electron chi connectivity index (χ0n) is 15.5. The molecular weight excluding hydrogens is 322 g/mol. The first-order valence-electron chi connectivity index (χ1n) is 8.70. The van der Waals surface area contributed by atoms with E-state index in [2.05, 4.69) is 85.0 Å². The summed E-state index contributed by atoms with van der Waals surface area (Å²) >= 11 is 0. The van der Waals surface area contributed by atoms with Crippen molar-refractivity contribution in [1.82, 2.24) is 4.98 Å². The van der Waals surface area contributed by atoms with E-state index in [1.165, 1.54) is 38.6 Å². The van der Waals surface area contributed by atoms with E-state index in [0.717, 1.165) is 0 Å². The molecule has 0 spiro atoms. The fourth-order valence-electron chi connectivity index (χ4n) is 4.16. The van der Waals surface area contributed by atoms with Gasteiger partial charge in [0.2, 0.25) is 5.69 Å². The standard InChI is InChI=1S/C21H24N3Si/c1-15-10-11-17-21(20(15)18-14-22-12-13-23(18)2)25(4,5)19-9-7-6-8-16(19)24(17)3/h6-14H,1-5H3/q+1. The molecule has 0 amide bonds. The lowest BCUT2D eigenvalue weighted by molar-refractivity contribution is -0.660. The van der Waals surface area contributed by atoms with Crippen LogP contribution in [0.3, 0.4) is 0 Å². The molecule has 0 saturated carbocycles. The van der Waals surface area contributed by atoms with Gasteiger partial charge in [-0.05, 0) is 35.0 Å². The number of rotatable bonds is 1. The summed E-state index contributed by atoms with van der Waals surface area (Å²) in [7, 11) is 2.45. The Hall–Kier alpha value is -2.46. The lowest BCUT2D eigenvalue weighted by Crippen LogP contribution is -2.59. The average Bonchev–Trinajstić information content (AvgIpc) is 2.61. The summed E-state index contributed by atoms with van der Waals surface area (Å²) in [5.74, 6) is 0. The fraction of sp³-hybridized carbons (Fsp3) is 0.238. The molecule has 0 fully saturated rings. The predicted octanol–water partition coefficient (Wildman–Crippen LogP) is 2.79. The highest BCUT2D eigenvalue weighted by molar-refractivity contribution is 7.03. The minimum absolute atomic E-state index is 1.19. The Morgan fingerprint density at radius 3 is 2.56 bits per heavy atom. The second kappa shape index (κ2) is 5.53. The van der Waals surface area contributed by atoms with Crippen molar-refractivity contribution in [3.63, 3.8) is 0 Å². The molecule has 0 aliphatic carbocycles. The van der Waals surface area contributed by atoms with Gasteiger partial charge in [0.15, 0.2) is 6.20 Å². The molecule has 4 rings (SSSR count). The second-order valence-electron chi connectivity index (χ2n) is 7.43. The van der Waals surface area contributed by atoms with Gasteiger partial charge in [-0.2, -0.15) is 4.57 Å². The average molecular weight is 347 g/mol. The van der Waals surface area contributed by atoms with E-state index in [9.17, 15) is 0 Å². The summed E-state index contributed by atoms with van der Waals surface area (Å²) in [5.41, 5.74) is 6.53. The lowest BCUT2D eigenvalue weighted by atomic mass is 10.0. The van der Waals surface area contributed by atoms with Crippen molar-refractivity contribution < 1.29 is 4.57 Å². The molecule has 0 atom stereocenters. The second-order valence-corrected chi connectivity index (χ2v) is 11.7. The van der Waals surface area contributed by atoms with E-state index in [1.807, 2.05) is 18.6 Å². The molecule has 0 unspecified atom stereocenters. The molecule has 2 heterocycles. The third kappa shape index (κ3) is 2.24. The van der Waals surface area contributed by atoms with Crippen LogP contribution in [0.15, 0.2) is 55.0 Å². The Labute approximate surface area is 150 Å². The fourth-order valence-corrected chi connectivity index (χ4v) is 7.68. The van der Waals surface area contributed by atoms with Crippen LogP contribution in [0, 0.1) is 6.92 Å². The number of fused-ring (bicyclic) bond motifs is 2. The number of anilines is 2. The molecule has 3 nitrogen and oxygen atoms in total. The minimum atomic E-state index is -1.84. The normalized spacial score (nSPS) is 14.8. The van der Waals surface area contributed by atoms with Crippen LogP contribution in [0.5, 0.6) is 0 Å². The first-order chi connectivity index (χ1) is 11.9. The van der Waals surface area contributed by atoms with Crippen LogP contribution < -0.4 is 19.8 Å². The first-order valence-corrected chi connectivity index (χ1v) is 11.7. The zero-order valence-corrected chi connectivity index (χ0v) is 16.5. The van der Waals surface area contributed by atoms with Gasteiger partial charge in [-0.3, -0.25) is 4.98 Å². The highest BCUT2D eigenvalue weighted by Crippen LogP contribution is 2.34. The van der Waals surface area contributed by atoms with Crippen molar-refractivity contribution in [2.45, 2.75) is 20.0 Å². The third-order valence-corrected chi connectivity index (χ3v) is 9.05. The number of para-hydroxylation sites is 1. The largest absolute Gasteiger partial charge is 0.345 e. The van der Waals surface area contributed by atoms with Crippen LogP contribution in [0.4, 0.5) is 11.4 Å². The van der Waals surface area contributed by atoms with Crippen LogP contribution in [-0.4, -0.2) is 20.1 Å². The summed E-state index contributed by atoms with van der Waals surface area (Å²) in [6, 6.07) is 13.4. The van der Waals surface area contributed by atoms with Gasteiger partial charge in [-0.15, -0.1) is 0 Å². The summed E-state index contributed by atoms with van der Waals surface area (Å²) in [5, 5.41) is 3.01. The van der Waals surface area contributed by atoms with E-state index in [0.29, 0.717) is 0 Å². The van der Waals surface area contributed by atoms with Crippen molar-refractivity contribution in [3.8, 4) is 11.3 Å². The lowest BCUT2D eigenvalue weighted by Gasteiger charge is -2.40. The Bertz CT molecular complexity index is 979. The van der Waals surface area contributed by atoms with Crippen molar-refractivity contribution in [2.75, 3.05) is 11.9 Å². The maximum atomic E-state index is 4.40. The van der Waals surface area contributed by atoms with Crippen LogP contribution in [0.25, 0.3) is 11.3 Å². The summed E-state index contributed by atoms with van der Waals surface area (Å²) in [6.07, 6.45) is 5.87. The minimum Gasteiger partial charge on any atom is -0.345 e. The van der Waals surface area contributed by atoms with Gasteiger partial charge in [-0.25, -0.2) is 0 Å². The Kier molecular flexibility index (Phi) is 3.54. The van der Waals surface area contributed by atoms with Gasteiger partial charge in [0.25, 0.3) is 0 Å². The maximum Gasteiger partial charge on any atom is 0.230 e. The van der Waals surface area contributed by atoms with E-state index < -0.39 is 8.07 Å². The molecule has 0 radical (unpaired) electrons. The molecule has 0 bridgehead atoms. The Balaban J connectivity index is 2.10. The van der Waals surface area contributed by atoms with Gasteiger partial charge >= 0.3 is 0 Å². The summed E-state index contributed by atoms with van der Waals surface area (Å²) in [6.45, 7) is 7.15. The Morgan fingerprint density at radius 2 is 1.80 bits per heavy atom. The molecule has 1 aliphatic heterocycles. The topological polar surface area (TPSA) is 20.0 Å². The summed E-state index contributed by atoms with van der Waals surface area (Å²) < 4.78 is 2.18. The number of nitrogens with zero attached hydrogens (tertiary/aromatic N) is 3. The van der Waals surface area contributed by atoms with Gasteiger partial charge in [0.1, 0.15) is 15.1 Å². The Morgan fingerprint density at radius 1 is 1.04 bits per heavy atom.